The second kappa shape index (κ2) is 11.8. The maximum atomic E-state index is 13.1. The first kappa shape index (κ1) is 25.4. The average Bonchev–Trinajstić information content (AvgIpc) is 2.84. The van der Waals surface area contributed by atoms with Gasteiger partial charge >= 0.3 is 12.0 Å². The van der Waals surface area contributed by atoms with Gasteiger partial charge in [-0.3, -0.25) is 9.80 Å². The molecule has 10 nitrogen and oxygen atoms in total. The van der Waals surface area contributed by atoms with E-state index in [2.05, 4.69) is 27.0 Å². The van der Waals surface area contributed by atoms with Crippen LogP contribution in [0.25, 0.3) is 0 Å². The van der Waals surface area contributed by atoms with Crippen LogP contribution in [0.5, 0.6) is 17.2 Å². The van der Waals surface area contributed by atoms with Gasteiger partial charge in [-0.2, -0.15) is 0 Å². The van der Waals surface area contributed by atoms with Crippen LogP contribution in [0.2, 0.25) is 0 Å². The minimum Gasteiger partial charge on any atom is -0.493 e. The SMILES string of the molecule is C=CCN1CCN(CC2=C(C(=O)OCC)C(c3ccc(OC)c(OC)c3OC)NC(=O)N2)CC1. The smallest absolute Gasteiger partial charge is 0.338 e. The first-order valence-electron chi connectivity index (χ1n) is 11.3. The van der Waals surface area contributed by atoms with E-state index in [0.717, 1.165) is 32.7 Å². The van der Waals surface area contributed by atoms with Gasteiger partial charge in [0.2, 0.25) is 5.75 Å². The molecule has 2 N–H and O–H groups in total. The van der Waals surface area contributed by atoms with Gasteiger partial charge in [0, 0.05) is 50.5 Å². The molecule has 2 amide bonds. The molecular formula is C24H34N4O6. The van der Waals surface area contributed by atoms with Crippen LogP contribution in [-0.4, -0.2) is 89.0 Å². The summed E-state index contributed by atoms with van der Waals surface area (Å²) in [5, 5.41) is 5.69. The summed E-state index contributed by atoms with van der Waals surface area (Å²) in [4.78, 5) is 30.4. The number of carbonyl (C=O) groups excluding carboxylic acids is 2. The van der Waals surface area contributed by atoms with Crippen molar-refractivity contribution in [1.29, 1.82) is 0 Å². The summed E-state index contributed by atoms with van der Waals surface area (Å²) in [7, 11) is 4.53. The molecule has 0 aliphatic carbocycles. The molecule has 1 atom stereocenters. The summed E-state index contributed by atoms with van der Waals surface area (Å²) in [6.07, 6.45) is 1.89. The van der Waals surface area contributed by atoms with Gasteiger partial charge in [-0.1, -0.05) is 6.08 Å². The molecule has 0 bridgehead atoms. The summed E-state index contributed by atoms with van der Waals surface area (Å²) in [6.45, 7) is 10.4. The number of hydrogen-bond donors (Lipinski definition) is 2. The van der Waals surface area contributed by atoms with Crippen molar-refractivity contribution in [3.8, 4) is 17.2 Å². The summed E-state index contributed by atoms with van der Waals surface area (Å²) >= 11 is 0. The first-order chi connectivity index (χ1) is 16.5. The highest BCUT2D eigenvalue weighted by molar-refractivity contribution is 5.95. The van der Waals surface area contributed by atoms with Gasteiger partial charge in [-0.15, -0.1) is 6.58 Å². The lowest BCUT2D eigenvalue weighted by Gasteiger charge is -2.36. The number of urea groups is 1. The predicted octanol–water partition coefficient (Wildman–Crippen LogP) is 1.69. The number of nitrogens with one attached hydrogen (secondary N) is 2. The molecule has 1 fully saturated rings. The summed E-state index contributed by atoms with van der Waals surface area (Å²) in [5.41, 5.74) is 1.41. The van der Waals surface area contributed by atoms with Crippen LogP contribution in [0.1, 0.15) is 18.5 Å². The van der Waals surface area contributed by atoms with Crippen molar-refractivity contribution in [1.82, 2.24) is 20.4 Å². The minimum atomic E-state index is -0.792. The Balaban J connectivity index is 2.02. The van der Waals surface area contributed by atoms with Crippen molar-refractivity contribution in [2.24, 2.45) is 0 Å². The van der Waals surface area contributed by atoms with Crippen molar-refractivity contribution in [2.75, 3.05) is 67.2 Å². The molecule has 0 radical (unpaired) electrons. The molecule has 186 valence electrons. The second-order valence-corrected chi connectivity index (χ2v) is 7.93. The summed E-state index contributed by atoms with van der Waals surface area (Å²) in [6, 6.07) is 2.27. The molecule has 34 heavy (non-hydrogen) atoms. The number of esters is 1. The largest absolute Gasteiger partial charge is 0.493 e. The van der Waals surface area contributed by atoms with Crippen molar-refractivity contribution in [3.63, 3.8) is 0 Å². The lowest BCUT2D eigenvalue weighted by Crippen LogP contribution is -2.51. The molecule has 1 aromatic carbocycles. The van der Waals surface area contributed by atoms with E-state index >= 15 is 0 Å². The van der Waals surface area contributed by atoms with Crippen LogP contribution in [0, 0.1) is 0 Å². The van der Waals surface area contributed by atoms with Gasteiger partial charge in [-0.05, 0) is 19.1 Å². The predicted molar refractivity (Wildman–Crippen MR) is 127 cm³/mol. The van der Waals surface area contributed by atoms with Crippen molar-refractivity contribution in [3.05, 3.63) is 41.6 Å². The van der Waals surface area contributed by atoms with Gasteiger partial charge in [0.15, 0.2) is 11.5 Å². The fourth-order valence-corrected chi connectivity index (χ4v) is 4.31. The standard InChI is InChI=1S/C24H34N4O6/c1-6-10-27-11-13-28(14-12-27)15-17-19(23(29)34-7-2)20(26-24(30)25-17)16-8-9-18(31-3)22(33-5)21(16)32-4/h6,8-9,20H,1,7,10-15H2,2-5H3,(H2,25,26,30). The number of methoxy groups -OCH3 is 3. The van der Waals surface area contributed by atoms with Crippen LogP contribution < -0.4 is 24.8 Å². The van der Waals surface area contributed by atoms with E-state index in [-0.39, 0.29) is 6.61 Å². The molecule has 3 rings (SSSR count). The third-order valence-corrected chi connectivity index (χ3v) is 5.93. The Hall–Kier alpha value is -3.24. The molecule has 1 aromatic rings. The normalized spacial score (nSPS) is 19.2. The van der Waals surface area contributed by atoms with E-state index in [4.69, 9.17) is 18.9 Å². The summed E-state index contributed by atoms with van der Waals surface area (Å²) < 4.78 is 21.9. The van der Waals surface area contributed by atoms with Gasteiger partial charge < -0.3 is 29.6 Å². The number of carbonyl (C=O) groups is 2. The highest BCUT2D eigenvalue weighted by Gasteiger charge is 2.37. The number of amides is 2. The summed E-state index contributed by atoms with van der Waals surface area (Å²) in [5.74, 6) is 0.714. The zero-order valence-corrected chi connectivity index (χ0v) is 20.3. The fraction of sp³-hybridized carbons (Fsp3) is 0.500. The van der Waals surface area contributed by atoms with Crippen LogP contribution in [0.4, 0.5) is 4.79 Å². The van der Waals surface area contributed by atoms with Gasteiger partial charge in [0.1, 0.15) is 0 Å². The first-order valence-corrected chi connectivity index (χ1v) is 11.3. The Morgan fingerprint density at radius 2 is 1.76 bits per heavy atom. The third-order valence-electron chi connectivity index (χ3n) is 5.93. The van der Waals surface area contributed by atoms with E-state index < -0.39 is 18.0 Å². The van der Waals surface area contributed by atoms with E-state index in [1.54, 1.807) is 19.1 Å². The van der Waals surface area contributed by atoms with Crippen LogP contribution in [0.3, 0.4) is 0 Å². The Kier molecular flexibility index (Phi) is 8.78. The van der Waals surface area contributed by atoms with E-state index in [1.807, 2.05) is 6.08 Å². The molecule has 0 aromatic heterocycles. The number of benzene rings is 1. The molecular weight excluding hydrogens is 440 g/mol. The molecule has 10 heteroatoms. The molecule has 2 heterocycles. The molecule has 1 saturated heterocycles. The average molecular weight is 475 g/mol. The van der Waals surface area contributed by atoms with Crippen LogP contribution in [0.15, 0.2) is 36.1 Å². The van der Waals surface area contributed by atoms with Crippen molar-refractivity contribution >= 4 is 12.0 Å². The molecule has 0 spiro atoms. The van der Waals surface area contributed by atoms with Gasteiger partial charge in [0.05, 0.1) is 39.6 Å². The molecule has 2 aliphatic heterocycles. The second-order valence-electron chi connectivity index (χ2n) is 7.93. The van der Waals surface area contributed by atoms with E-state index in [1.165, 1.54) is 21.3 Å². The van der Waals surface area contributed by atoms with Crippen LogP contribution in [-0.2, 0) is 9.53 Å². The highest BCUT2D eigenvalue weighted by Crippen LogP contribution is 2.44. The fourth-order valence-electron chi connectivity index (χ4n) is 4.31. The topological polar surface area (TPSA) is 102 Å². The number of ether oxygens (including phenoxy) is 4. The Bertz CT molecular complexity index is 940. The Labute approximate surface area is 200 Å². The lowest BCUT2D eigenvalue weighted by molar-refractivity contribution is -0.139. The zero-order chi connectivity index (χ0) is 24.7. The Morgan fingerprint density at radius 1 is 1.09 bits per heavy atom. The quantitative estimate of drug-likeness (QED) is 0.390. The minimum absolute atomic E-state index is 0.208. The number of piperazine rings is 1. The highest BCUT2D eigenvalue weighted by atomic mass is 16.5. The Morgan fingerprint density at radius 3 is 2.35 bits per heavy atom. The number of nitrogens with zero attached hydrogens (tertiary/aromatic N) is 2. The molecule has 1 unspecified atom stereocenters. The lowest BCUT2D eigenvalue weighted by atomic mass is 9.93. The van der Waals surface area contributed by atoms with Gasteiger partial charge in [-0.25, -0.2) is 9.59 Å². The maximum absolute atomic E-state index is 13.1. The number of rotatable bonds is 10. The van der Waals surface area contributed by atoms with E-state index in [0.29, 0.717) is 40.6 Å². The zero-order valence-electron chi connectivity index (χ0n) is 20.3. The third kappa shape index (κ3) is 5.45. The van der Waals surface area contributed by atoms with E-state index in [9.17, 15) is 9.59 Å². The van der Waals surface area contributed by atoms with Crippen LogP contribution >= 0.6 is 0 Å². The number of hydrogen-bond acceptors (Lipinski definition) is 8. The van der Waals surface area contributed by atoms with Gasteiger partial charge in [0.25, 0.3) is 0 Å². The molecule has 0 saturated carbocycles. The molecule has 2 aliphatic rings. The van der Waals surface area contributed by atoms with Crippen molar-refractivity contribution < 1.29 is 28.5 Å². The van der Waals surface area contributed by atoms with Crippen molar-refractivity contribution in [2.45, 2.75) is 13.0 Å². The maximum Gasteiger partial charge on any atom is 0.338 e. The monoisotopic (exact) mass is 474 g/mol.